The Morgan fingerprint density at radius 3 is 2.30 bits per heavy atom. The highest BCUT2D eigenvalue weighted by molar-refractivity contribution is 5.53. The van der Waals surface area contributed by atoms with Gasteiger partial charge in [0.15, 0.2) is 11.5 Å². The molecule has 2 rings (SSSR count). The number of nitrogens with zero attached hydrogens (tertiary/aromatic N) is 2. The fourth-order valence-corrected chi connectivity index (χ4v) is 2.70. The van der Waals surface area contributed by atoms with E-state index in [0.717, 1.165) is 35.1 Å². The fraction of sp³-hybridized carbons (Fsp3) is 0.500. The van der Waals surface area contributed by atoms with E-state index in [1.165, 1.54) is 5.56 Å². The van der Waals surface area contributed by atoms with Gasteiger partial charge in [-0.2, -0.15) is 5.10 Å². The zero-order chi connectivity index (χ0) is 17.2. The third kappa shape index (κ3) is 3.44. The highest BCUT2D eigenvalue weighted by Crippen LogP contribution is 2.33. The van der Waals surface area contributed by atoms with E-state index in [1.807, 2.05) is 30.8 Å². The highest BCUT2D eigenvalue weighted by Gasteiger charge is 2.23. The van der Waals surface area contributed by atoms with Crippen LogP contribution in [0.15, 0.2) is 18.2 Å². The van der Waals surface area contributed by atoms with E-state index < -0.39 is 0 Å². The van der Waals surface area contributed by atoms with Crippen molar-refractivity contribution in [3.05, 3.63) is 35.2 Å². The molecule has 0 saturated carbocycles. The van der Waals surface area contributed by atoms with E-state index >= 15 is 0 Å². The Hall–Kier alpha value is -2.17. The molecule has 0 unspecified atom stereocenters. The molecule has 0 saturated heterocycles. The molecule has 5 heteroatoms. The van der Waals surface area contributed by atoms with Crippen molar-refractivity contribution in [3.8, 4) is 11.5 Å². The monoisotopic (exact) mass is 317 g/mol. The van der Waals surface area contributed by atoms with Crippen LogP contribution in [-0.4, -0.2) is 30.5 Å². The van der Waals surface area contributed by atoms with Crippen molar-refractivity contribution in [3.63, 3.8) is 0 Å². The number of anilines is 1. The van der Waals surface area contributed by atoms with Gasteiger partial charge in [-0.05, 0) is 31.5 Å². The number of hydrogen-bond acceptors (Lipinski definition) is 4. The third-order valence-electron chi connectivity index (χ3n) is 4.38. The van der Waals surface area contributed by atoms with Crippen molar-refractivity contribution in [1.82, 2.24) is 9.78 Å². The lowest BCUT2D eigenvalue weighted by Crippen LogP contribution is -2.28. The predicted octanol–water partition coefficient (Wildman–Crippen LogP) is 3.44. The van der Waals surface area contributed by atoms with Gasteiger partial charge < -0.3 is 14.8 Å². The minimum Gasteiger partial charge on any atom is -0.493 e. The first-order valence-electron chi connectivity index (χ1n) is 7.76. The molecule has 0 fully saturated rings. The van der Waals surface area contributed by atoms with Crippen molar-refractivity contribution < 1.29 is 9.47 Å². The summed E-state index contributed by atoms with van der Waals surface area (Å²) >= 11 is 0. The van der Waals surface area contributed by atoms with Crippen LogP contribution >= 0.6 is 0 Å². The summed E-state index contributed by atoms with van der Waals surface area (Å²) in [5.41, 5.74) is 4.41. The summed E-state index contributed by atoms with van der Waals surface area (Å²) in [5.74, 6) is 1.51. The minimum absolute atomic E-state index is 0.0612. The molecule has 0 bridgehead atoms. The number of aryl methyl sites for hydroxylation is 2. The van der Waals surface area contributed by atoms with Crippen LogP contribution in [0.5, 0.6) is 11.5 Å². The Bertz CT molecular complexity index is 690. The quantitative estimate of drug-likeness (QED) is 0.886. The van der Waals surface area contributed by atoms with E-state index in [2.05, 4.69) is 37.3 Å². The molecule has 2 aromatic rings. The maximum absolute atomic E-state index is 5.42. The highest BCUT2D eigenvalue weighted by atomic mass is 16.5. The van der Waals surface area contributed by atoms with Crippen LogP contribution in [0.2, 0.25) is 0 Å². The Balaban J connectivity index is 2.21. The number of ether oxygens (including phenoxy) is 2. The molecule has 0 spiro atoms. The van der Waals surface area contributed by atoms with E-state index in [9.17, 15) is 0 Å². The van der Waals surface area contributed by atoms with Gasteiger partial charge in [-0.3, -0.25) is 4.68 Å². The van der Waals surface area contributed by atoms with E-state index in [-0.39, 0.29) is 5.41 Å². The van der Waals surface area contributed by atoms with Crippen molar-refractivity contribution in [2.75, 3.05) is 26.1 Å². The van der Waals surface area contributed by atoms with Gasteiger partial charge in [0.25, 0.3) is 0 Å². The van der Waals surface area contributed by atoms with Crippen LogP contribution < -0.4 is 14.8 Å². The second-order valence-electron chi connectivity index (χ2n) is 6.48. The molecule has 1 aromatic heterocycles. The first kappa shape index (κ1) is 17.2. The number of methoxy groups -OCH3 is 2. The van der Waals surface area contributed by atoms with Crippen LogP contribution in [0.1, 0.15) is 30.8 Å². The Morgan fingerprint density at radius 1 is 1.13 bits per heavy atom. The van der Waals surface area contributed by atoms with E-state index in [4.69, 9.17) is 9.47 Å². The summed E-state index contributed by atoms with van der Waals surface area (Å²) in [6.45, 7) is 9.32. The summed E-state index contributed by atoms with van der Waals surface area (Å²) in [4.78, 5) is 0. The molecule has 1 heterocycles. The van der Waals surface area contributed by atoms with Crippen molar-refractivity contribution >= 4 is 5.69 Å². The molecule has 126 valence electrons. The van der Waals surface area contributed by atoms with Gasteiger partial charge >= 0.3 is 0 Å². The van der Waals surface area contributed by atoms with Gasteiger partial charge in [0.1, 0.15) is 0 Å². The van der Waals surface area contributed by atoms with Crippen LogP contribution in [0.4, 0.5) is 5.69 Å². The number of nitrogens with one attached hydrogen (secondary N) is 1. The van der Waals surface area contributed by atoms with Crippen molar-refractivity contribution in [2.24, 2.45) is 7.05 Å². The van der Waals surface area contributed by atoms with Crippen LogP contribution in [0, 0.1) is 13.8 Å². The fourth-order valence-electron chi connectivity index (χ4n) is 2.70. The first-order valence-corrected chi connectivity index (χ1v) is 7.76. The van der Waals surface area contributed by atoms with Crippen LogP contribution in [0.3, 0.4) is 0 Å². The topological polar surface area (TPSA) is 48.3 Å². The number of aromatic nitrogens is 2. The lowest BCUT2D eigenvalue weighted by Gasteiger charge is -2.27. The van der Waals surface area contributed by atoms with Gasteiger partial charge in [-0.25, -0.2) is 0 Å². The van der Waals surface area contributed by atoms with Gasteiger partial charge in [0.05, 0.1) is 31.3 Å². The average molecular weight is 317 g/mol. The third-order valence-corrected chi connectivity index (χ3v) is 4.38. The molecule has 0 amide bonds. The van der Waals surface area contributed by atoms with Gasteiger partial charge in [-0.1, -0.05) is 19.9 Å². The Morgan fingerprint density at radius 2 is 1.78 bits per heavy atom. The van der Waals surface area contributed by atoms with Crippen molar-refractivity contribution in [2.45, 2.75) is 33.1 Å². The molecule has 0 aliphatic rings. The van der Waals surface area contributed by atoms with Gasteiger partial charge in [-0.15, -0.1) is 0 Å². The molecule has 1 aromatic carbocycles. The Labute approximate surface area is 138 Å². The minimum atomic E-state index is -0.0612. The molecule has 5 nitrogen and oxygen atoms in total. The van der Waals surface area contributed by atoms with E-state index in [0.29, 0.717) is 0 Å². The summed E-state index contributed by atoms with van der Waals surface area (Å²) in [6.07, 6.45) is 0. The summed E-state index contributed by atoms with van der Waals surface area (Å²) in [5, 5.41) is 8.00. The second kappa shape index (κ2) is 6.52. The zero-order valence-electron chi connectivity index (χ0n) is 15.2. The molecule has 0 radical (unpaired) electrons. The molecule has 23 heavy (non-hydrogen) atoms. The lowest BCUT2D eigenvalue weighted by atomic mass is 9.84. The Kier molecular flexibility index (Phi) is 4.88. The maximum Gasteiger partial charge on any atom is 0.161 e. The van der Waals surface area contributed by atoms with Gasteiger partial charge in [0, 0.05) is 19.0 Å². The maximum atomic E-state index is 5.42. The van der Waals surface area contributed by atoms with Crippen molar-refractivity contribution in [1.29, 1.82) is 0 Å². The summed E-state index contributed by atoms with van der Waals surface area (Å²) in [6, 6.07) is 6.09. The normalized spacial score (nSPS) is 11.4. The largest absolute Gasteiger partial charge is 0.493 e. The first-order chi connectivity index (χ1) is 10.8. The average Bonchev–Trinajstić information content (AvgIpc) is 2.77. The number of hydrogen-bond donors (Lipinski definition) is 1. The zero-order valence-corrected chi connectivity index (χ0v) is 15.2. The lowest BCUT2D eigenvalue weighted by molar-refractivity contribution is 0.353. The molecule has 0 atom stereocenters. The second-order valence-corrected chi connectivity index (χ2v) is 6.48. The number of rotatable bonds is 6. The van der Waals surface area contributed by atoms with Crippen LogP contribution in [-0.2, 0) is 12.5 Å². The predicted molar refractivity (Wildman–Crippen MR) is 93.7 cm³/mol. The molecule has 0 aliphatic carbocycles. The molecular weight excluding hydrogens is 290 g/mol. The SMILES string of the molecule is COc1ccc(C(C)(C)CNc2c(C)nn(C)c2C)cc1OC. The van der Waals surface area contributed by atoms with E-state index in [1.54, 1.807) is 14.2 Å². The molecule has 1 N–H and O–H groups in total. The standard InChI is InChI=1S/C18H27N3O2/c1-12-17(13(2)21(5)20-12)19-11-18(3,4)14-8-9-15(22-6)16(10-14)23-7/h8-10,19H,11H2,1-7H3. The smallest absolute Gasteiger partial charge is 0.161 e. The van der Waals surface area contributed by atoms with Crippen LogP contribution in [0.25, 0.3) is 0 Å². The summed E-state index contributed by atoms with van der Waals surface area (Å²) < 4.78 is 12.6. The summed E-state index contributed by atoms with van der Waals surface area (Å²) in [7, 11) is 5.28. The molecular formula is C18H27N3O2. The molecule has 0 aliphatic heterocycles. The number of benzene rings is 1. The van der Waals surface area contributed by atoms with Gasteiger partial charge in [0.2, 0.25) is 0 Å².